The molecular weight excluding hydrogens is 446 g/mol. The zero-order valence-electron chi connectivity index (χ0n) is 19.2. The molecule has 34 heavy (non-hydrogen) atoms. The zero-order valence-corrected chi connectivity index (χ0v) is 19.2. The van der Waals surface area contributed by atoms with Crippen molar-refractivity contribution in [1.29, 1.82) is 0 Å². The predicted octanol–water partition coefficient (Wildman–Crippen LogP) is 2.76. The van der Waals surface area contributed by atoms with E-state index >= 15 is 0 Å². The fraction of sp³-hybridized carbons (Fsp3) is 0.348. The maximum atomic E-state index is 12.2. The number of hydrogen-bond acceptors (Lipinski definition) is 9. The number of carboxylic acids is 1. The maximum Gasteiger partial charge on any atom is 0.344 e. The lowest BCUT2D eigenvalue weighted by atomic mass is 10.0. The van der Waals surface area contributed by atoms with Crippen LogP contribution >= 0.6 is 0 Å². The third-order valence-electron chi connectivity index (χ3n) is 4.48. The summed E-state index contributed by atoms with van der Waals surface area (Å²) in [6.07, 6.45) is 0. The number of nitrogens with zero attached hydrogens (tertiary/aromatic N) is 1. The van der Waals surface area contributed by atoms with Crippen LogP contribution in [0.1, 0.15) is 37.9 Å². The van der Waals surface area contributed by atoms with Gasteiger partial charge in [-0.05, 0) is 51.1 Å². The number of rotatable bonds is 13. The largest absolute Gasteiger partial charge is 0.490 e. The number of nitrogens with one attached hydrogen (secondary N) is 1. The van der Waals surface area contributed by atoms with Gasteiger partial charge >= 0.3 is 11.9 Å². The van der Waals surface area contributed by atoms with Crippen LogP contribution < -0.4 is 25.3 Å². The lowest BCUT2D eigenvalue weighted by Gasteiger charge is -2.22. The van der Waals surface area contributed by atoms with Gasteiger partial charge in [-0.3, -0.25) is 0 Å². The number of oxime groups is 1. The molecule has 2 aromatic rings. The van der Waals surface area contributed by atoms with E-state index in [1.165, 1.54) is 12.1 Å². The van der Waals surface area contributed by atoms with Crippen molar-refractivity contribution in [1.82, 2.24) is 0 Å². The van der Waals surface area contributed by atoms with E-state index in [1.807, 2.05) is 0 Å². The Balaban J connectivity index is 2.48. The lowest BCUT2D eigenvalue weighted by Crippen LogP contribution is -2.23. The van der Waals surface area contributed by atoms with Crippen molar-refractivity contribution in [2.45, 2.75) is 26.8 Å². The highest BCUT2D eigenvalue weighted by atomic mass is 16.6. The van der Waals surface area contributed by atoms with E-state index in [0.29, 0.717) is 36.0 Å². The van der Waals surface area contributed by atoms with Crippen LogP contribution in [0.15, 0.2) is 41.6 Å². The highest BCUT2D eigenvalue weighted by Crippen LogP contribution is 2.39. The van der Waals surface area contributed by atoms with E-state index in [-0.39, 0.29) is 23.8 Å². The SMILES string of the molecule is CCOC(=O)COc1cc(OCC)c(OCC)cc1C(Nc1ccc(C(N)=NO)cc1)C(=O)O. The van der Waals surface area contributed by atoms with Gasteiger partial charge in [0.05, 0.1) is 19.8 Å². The number of benzene rings is 2. The van der Waals surface area contributed by atoms with E-state index in [9.17, 15) is 14.7 Å². The molecule has 2 rings (SSSR count). The zero-order chi connectivity index (χ0) is 25.1. The number of carbonyl (C=O) groups is 2. The molecule has 0 aliphatic heterocycles. The topological polar surface area (TPSA) is 162 Å². The van der Waals surface area contributed by atoms with E-state index in [0.717, 1.165) is 0 Å². The number of anilines is 1. The van der Waals surface area contributed by atoms with Gasteiger partial charge in [-0.25, -0.2) is 9.59 Å². The molecule has 0 radical (unpaired) electrons. The molecule has 11 nitrogen and oxygen atoms in total. The van der Waals surface area contributed by atoms with Crippen molar-refractivity contribution >= 4 is 23.5 Å². The first-order valence-electron chi connectivity index (χ1n) is 10.6. The van der Waals surface area contributed by atoms with Gasteiger partial charge in [-0.1, -0.05) is 5.16 Å². The number of carbonyl (C=O) groups excluding carboxylic acids is 1. The van der Waals surface area contributed by atoms with E-state index in [2.05, 4.69) is 10.5 Å². The summed E-state index contributed by atoms with van der Waals surface area (Å²) >= 11 is 0. The van der Waals surface area contributed by atoms with Crippen molar-refractivity contribution < 1.29 is 38.9 Å². The number of esters is 1. The second kappa shape index (κ2) is 12.8. The Bertz CT molecular complexity index is 1010. The summed E-state index contributed by atoms with van der Waals surface area (Å²) in [6.45, 7) is 5.68. The summed E-state index contributed by atoms with van der Waals surface area (Å²) in [4.78, 5) is 24.1. The summed E-state index contributed by atoms with van der Waals surface area (Å²) in [5.74, 6) is -1.08. The highest BCUT2D eigenvalue weighted by Gasteiger charge is 2.27. The second-order valence-corrected chi connectivity index (χ2v) is 6.77. The van der Waals surface area contributed by atoms with Gasteiger partial charge in [-0.2, -0.15) is 0 Å². The molecule has 0 saturated carbocycles. The average molecular weight is 475 g/mol. The Morgan fingerprint density at radius 3 is 2.12 bits per heavy atom. The van der Waals surface area contributed by atoms with Gasteiger partial charge in [-0.15, -0.1) is 0 Å². The quantitative estimate of drug-likeness (QED) is 0.111. The summed E-state index contributed by atoms with van der Waals surface area (Å²) in [5, 5.41) is 24.7. The first-order chi connectivity index (χ1) is 16.3. The van der Waals surface area contributed by atoms with Crippen LogP contribution in [0.3, 0.4) is 0 Å². The van der Waals surface area contributed by atoms with E-state index < -0.39 is 24.6 Å². The number of carboxylic acid groups (broad SMARTS) is 1. The molecule has 0 fully saturated rings. The second-order valence-electron chi connectivity index (χ2n) is 6.77. The molecule has 0 amide bonds. The van der Waals surface area contributed by atoms with Crippen molar-refractivity contribution in [3.63, 3.8) is 0 Å². The van der Waals surface area contributed by atoms with Gasteiger partial charge in [0.2, 0.25) is 0 Å². The first-order valence-corrected chi connectivity index (χ1v) is 10.6. The summed E-state index contributed by atoms with van der Waals surface area (Å²) in [5.41, 5.74) is 6.69. The van der Waals surface area contributed by atoms with E-state index in [1.54, 1.807) is 45.0 Å². The standard InChI is InChI=1S/C23H29N3O8/c1-4-31-18-11-16(17(12-19(18)32-5-2)34-13-20(27)33-6-3)21(23(28)29)25-15-9-7-14(8-10-15)22(24)26-30/h7-12,21,25,30H,4-6,13H2,1-3H3,(H2,24,26)(H,28,29). The Morgan fingerprint density at radius 1 is 0.971 bits per heavy atom. The fourth-order valence-electron chi connectivity index (χ4n) is 3.02. The minimum Gasteiger partial charge on any atom is -0.490 e. The molecule has 0 heterocycles. The minimum absolute atomic E-state index is 0.0798. The fourth-order valence-corrected chi connectivity index (χ4v) is 3.02. The molecule has 11 heteroatoms. The molecule has 0 saturated heterocycles. The highest BCUT2D eigenvalue weighted by molar-refractivity contribution is 5.97. The predicted molar refractivity (Wildman–Crippen MR) is 124 cm³/mol. The molecule has 184 valence electrons. The average Bonchev–Trinajstić information content (AvgIpc) is 2.82. The van der Waals surface area contributed by atoms with E-state index in [4.69, 9.17) is 29.9 Å². The number of ether oxygens (including phenoxy) is 4. The molecule has 0 aliphatic carbocycles. The van der Waals surface area contributed by atoms with Crippen LogP contribution in [0.5, 0.6) is 17.2 Å². The lowest BCUT2D eigenvalue weighted by molar-refractivity contribution is -0.145. The number of nitrogens with two attached hydrogens (primary N) is 1. The van der Waals surface area contributed by atoms with Crippen LogP contribution in [0, 0.1) is 0 Å². The smallest absolute Gasteiger partial charge is 0.344 e. The molecule has 0 spiro atoms. The van der Waals surface area contributed by atoms with Crippen LogP contribution in [0.25, 0.3) is 0 Å². The number of hydrogen-bond donors (Lipinski definition) is 4. The minimum atomic E-state index is -1.28. The normalized spacial score (nSPS) is 11.9. The molecule has 1 atom stereocenters. The van der Waals surface area contributed by atoms with Crippen molar-refractivity contribution in [2.24, 2.45) is 10.9 Å². The van der Waals surface area contributed by atoms with Gasteiger partial charge in [0.1, 0.15) is 5.75 Å². The van der Waals surface area contributed by atoms with Crippen molar-refractivity contribution in [3.8, 4) is 17.2 Å². The summed E-state index contributed by atoms with van der Waals surface area (Å²) < 4.78 is 21.8. The number of amidine groups is 1. The molecule has 0 aromatic heterocycles. The summed E-state index contributed by atoms with van der Waals surface area (Å²) in [7, 11) is 0. The third kappa shape index (κ3) is 6.92. The van der Waals surface area contributed by atoms with Gasteiger partial charge in [0.25, 0.3) is 0 Å². The Kier molecular flexibility index (Phi) is 9.81. The molecule has 5 N–H and O–H groups in total. The van der Waals surface area contributed by atoms with Crippen molar-refractivity contribution in [2.75, 3.05) is 31.7 Å². The first kappa shape index (κ1) is 26.1. The van der Waals surface area contributed by atoms with Crippen LogP contribution in [-0.2, 0) is 14.3 Å². The number of aliphatic carboxylic acids is 1. The molecule has 1 unspecified atom stereocenters. The van der Waals surface area contributed by atoms with Crippen LogP contribution in [0.2, 0.25) is 0 Å². The van der Waals surface area contributed by atoms with Gasteiger partial charge in [0.15, 0.2) is 30.0 Å². The molecular formula is C23H29N3O8. The maximum absolute atomic E-state index is 12.2. The Labute approximate surface area is 197 Å². The molecule has 0 aliphatic rings. The van der Waals surface area contributed by atoms with Crippen molar-refractivity contribution in [3.05, 3.63) is 47.5 Å². The Hall–Kier alpha value is -4.15. The molecule has 2 aromatic carbocycles. The van der Waals surface area contributed by atoms with Crippen LogP contribution in [-0.4, -0.2) is 54.5 Å². The van der Waals surface area contributed by atoms with Crippen LogP contribution in [0.4, 0.5) is 5.69 Å². The molecule has 0 bridgehead atoms. The summed E-state index contributed by atoms with van der Waals surface area (Å²) in [6, 6.07) is 8.02. The Morgan fingerprint density at radius 2 is 1.59 bits per heavy atom. The van der Waals surface area contributed by atoms with Gasteiger partial charge < -0.3 is 40.3 Å². The third-order valence-corrected chi connectivity index (χ3v) is 4.48. The van der Waals surface area contributed by atoms with Gasteiger partial charge in [0, 0.05) is 22.9 Å². The monoisotopic (exact) mass is 475 g/mol.